The molecule has 8 heteroatoms. The van der Waals surface area contributed by atoms with Crippen LogP contribution in [0.2, 0.25) is 0 Å². The lowest BCUT2D eigenvalue weighted by molar-refractivity contribution is 0.122. The zero-order valence-electron chi connectivity index (χ0n) is 14.3. The fourth-order valence-corrected chi connectivity index (χ4v) is 2.51. The SMILES string of the molecule is CN=C(NCc1cccc(N2CCOCC2)n1)NCc1ccco1.I. The third-order valence-corrected chi connectivity index (χ3v) is 3.80. The number of aromatic nitrogens is 1. The quantitative estimate of drug-likeness (QED) is 0.407. The number of hydrogen-bond donors (Lipinski definition) is 2. The molecule has 2 N–H and O–H groups in total. The number of halogens is 1. The smallest absolute Gasteiger partial charge is 0.191 e. The van der Waals surface area contributed by atoms with Crippen LogP contribution in [-0.2, 0) is 17.8 Å². The first kappa shape index (κ1) is 19.5. The van der Waals surface area contributed by atoms with Crippen LogP contribution < -0.4 is 15.5 Å². The molecule has 2 aromatic rings. The molecule has 1 fully saturated rings. The van der Waals surface area contributed by atoms with E-state index >= 15 is 0 Å². The van der Waals surface area contributed by atoms with Crippen LogP contribution in [0.4, 0.5) is 5.82 Å². The number of aliphatic imine (C=N–C) groups is 1. The molecule has 3 rings (SSSR count). The molecule has 136 valence electrons. The molecule has 0 unspecified atom stereocenters. The molecule has 0 spiro atoms. The Kier molecular flexibility index (Phi) is 7.99. The Hall–Kier alpha value is -1.81. The summed E-state index contributed by atoms with van der Waals surface area (Å²) in [4.78, 5) is 11.2. The molecule has 25 heavy (non-hydrogen) atoms. The predicted molar refractivity (Wildman–Crippen MR) is 108 cm³/mol. The molecule has 0 aromatic carbocycles. The summed E-state index contributed by atoms with van der Waals surface area (Å²) in [5.41, 5.74) is 0.972. The molecule has 3 heterocycles. The fraction of sp³-hybridized carbons (Fsp3) is 0.412. The van der Waals surface area contributed by atoms with Crippen molar-refractivity contribution < 1.29 is 9.15 Å². The number of pyridine rings is 1. The summed E-state index contributed by atoms with van der Waals surface area (Å²) in [5.74, 6) is 2.58. The van der Waals surface area contributed by atoms with Crippen molar-refractivity contribution in [1.29, 1.82) is 0 Å². The molecule has 2 aromatic heterocycles. The third kappa shape index (κ3) is 5.89. The van der Waals surface area contributed by atoms with Gasteiger partial charge in [-0.1, -0.05) is 6.07 Å². The Balaban J connectivity index is 0.00000225. The highest BCUT2D eigenvalue weighted by atomic mass is 127. The van der Waals surface area contributed by atoms with Crippen LogP contribution >= 0.6 is 24.0 Å². The number of nitrogens with zero attached hydrogens (tertiary/aromatic N) is 3. The summed E-state index contributed by atoms with van der Waals surface area (Å²) >= 11 is 0. The number of hydrogen-bond acceptors (Lipinski definition) is 5. The maximum Gasteiger partial charge on any atom is 0.191 e. The van der Waals surface area contributed by atoms with Crippen LogP contribution in [0.15, 0.2) is 46.0 Å². The Morgan fingerprint density at radius 1 is 1.16 bits per heavy atom. The highest BCUT2D eigenvalue weighted by Gasteiger charge is 2.12. The molecule has 0 amide bonds. The van der Waals surface area contributed by atoms with Gasteiger partial charge in [0, 0.05) is 20.1 Å². The topological polar surface area (TPSA) is 74.9 Å². The van der Waals surface area contributed by atoms with Gasteiger partial charge in [-0.15, -0.1) is 24.0 Å². The minimum atomic E-state index is 0. The van der Waals surface area contributed by atoms with Crippen molar-refractivity contribution in [2.75, 3.05) is 38.3 Å². The van der Waals surface area contributed by atoms with Crippen LogP contribution in [0.1, 0.15) is 11.5 Å². The lowest BCUT2D eigenvalue weighted by Crippen LogP contribution is -2.37. The minimum Gasteiger partial charge on any atom is -0.467 e. The molecule has 1 saturated heterocycles. The van der Waals surface area contributed by atoms with Crippen LogP contribution in [0, 0.1) is 0 Å². The highest BCUT2D eigenvalue weighted by Crippen LogP contribution is 2.13. The minimum absolute atomic E-state index is 0. The fourth-order valence-electron chi connectivity index (χ4n) is 2.51. The summed E-state index contributed by atoms with van der Waals surface area (Å²) in [6, 6.07) is 9.88. The largest absolute Gasteiger partial charge is 0.467 e. The summed E-state index contributed by atoms with van der Waals surface area (Å²) in [5, 5.41) is 6.48. The molecule has 0 bridgehead atoms. The van der Waals surface area contributed by atoms with Gasteiger partial charge in [0.1, 0.15) is 11.6 Å². The van der Waals surface area contributed by atoms with Gasteiger partial charge >= 0.3 is 0 Å². The van der Waals surface area contributed by atoms with E-state index in [1.165, 1.54) is 0 Å². The van der Waals surface area contributed by atoms with E-state index in [1.807, 2.05) is 30.3 Å². The predicted octanol–water partition coefficient (Wildman–Crippen LogP) is 1.99. The van der Waals surface area contributed by atoms with E-state index in [0.29, 0.717) is 19.0 Å². The average Bonchev–Trinajstić information content (AvgIpc) is 3.16. The van der Waals surface area contributed by atoms with E-state index in [1.54, 1.807) is 13.3 Å². The maximum absolute atomic E-state index is 5.39. The number of morpholine rings is 1. The van der Waals surface area contributed by atoms with E-state index in [0.717, 1.165) is 43.6 Å². The standard InChI is InChI=1S/C17H23N5O2.HI/c1-18-17(20-13-15-5-3-9-24-15)19-12-14-4-2-6-16(21-14)22-7-10-23-11-8-22;/h2-6,9H,7-8,10-13H2,1H3,(H2,18,19,20);1H. The second-order valence-corrected chi connectivity index (χ2v) is 5.45. The molecule has 0 radical (unpaired) electrons. The van der Waals surface area contributed by atoms with Crippen molar-refractivity contribution in [1.82, 2.24) is 15.6 Å². The summed E-state index contributed by atoms with van der Waals surface area (Å²) in [6.45, 7) is 4.48. The van der Waals surface area contributed by atoms with Gasteiger partial charge in [0.25, 0.3) is 0 Å². The zero-order valence-corrected chi connectivity index (χ0v) is 16.6. The monoisotopic (exact) mass is 457 g/mol. The third-order valence-electron chi connectivity index (χ3n) is 3.80. The van der Waals surface area contributed by atoms with Crippen LogP contribution in [0.25, 0.3) is 0 Å². The Morgan fingerprint density at radius 2 is 1.96 bits per heavy atom. The van der Waals surface area contributed by atoms with Crippen LogP contribution in [0.5, 0.6) is 0 Å². The molecule has 0 saturated carbocycles. The van der Waals surface area contributed by atoms with Crippen LogP contribution in [-0.4, -0.2) is 44.3 Å². The van der Waals surface area contributed by atoms with E-state index < -0.39 is 0 Å². The van der Waals surface area contributed by atoms with Gasteiger partial charge in [0.05, 0.1) is 38.3 Å². The number of rotatable bonds is 5. The van der Waals surface area contributed by atoms with Gasteiger partial charge in [0.2, 0.25) is 0 Å². The molecule has 7 nitrogen and oxygen atoms in total. The maximum atomic E-state index is 5.39. The number of ether oxygens (including phenoxy) is 1. The normalized spacial score (nSPS) is 14.8. The lowest BCUT2D eigenvalue weighted by Gasteiger charge is -2.28. The molecular weight excluding hydrogens is 433 g/mol. The Bertz CT molecular complexity index is 657. The lowest BCUT2D eigenvalue weighted by atomic mass is 10.3. The second-order valence-electron chi connectivity index (χ2n) is 5.45. The summed E-state index contributed by atoms with van der Waals surface area (Å²) in [6.07, 6.45) is 1.66. The van der Waals surface area contributed by atoms with E-state index in [2.05, 4.69) is 20.5 Å². The van der Waals surface area contributed by atoms with Gasteiger partial charge in [-0.25, -0.2) is 4.98 Å². The molecule has 1 aliphatic rings. The van der Waals surface area contributed by atoms with Gasteiger partial charge in [0.15, 0.2) is 5.96 Å². The summed E-state index contributed by atoms with van der Waals surface area (Å²) < 4.78 is 10.7. The number of guanidine groups is 1. The first-order chi connectivity index (χ1) is 11.8. The molecule has 0 atom stereocenters. The average molecular weight is 457 g/mol. The van der Waals surface area contributed by atoms with Crippen molar-refractivity contribution in [3.8, 4) is 0 Å². The van der Waals surface area contributed by atoms with Crippen molar-refractivity contribution in [3.05, 3.63) is 48.0 Å². The van der Waals surface area contributed by atoms with E-state index in [4.69, 9.17) is 14.1 Å². The molecule has 0 aliphatic carbocycles. The first-order valence-corrected chi connectivity index (χ1v) is 8.10. The van der Waals surface area contributed by atoms with Crippen molar-refractivity contribution in [2.24, 2.45) is 4.99 Å². The van der Waals surface area contributed by atoms with Gasteiger partial charge in [-0.2, -0.15) is 0 Å². The number of nitrogens with one attached hydrogen (secondary N) is 2. The van der Waals surface area contributed by atoms with E-state index in [9.17, 15) is 0 Å². The second kappa shape index (κ2) is 10.2. The van der Waals surface area contributed by atoms with Crippen molar-refractivity contribution >= 4 is 35.8 Å². The van der Waals surface area contributed by atoms with Crippen molar-refractivity contribution in [3.63, 3.8) is 0 Å². The molecular formula is C17H24IN5O2. The van der Waals surface area contributed by atoms with Gasteiger partial charge < -0.3 is 24.7 Å². The first-order valence-electron chi connectivity index (χ1n) is 8.10. The molecule has 1 aliphatic heterocycles. The van der Waals surface area contributed by atoms with Crippen LogP contribution in [0.3, 0.4) is 0 Å². The number of anilines is 1. The summed E-state index contributed by atoms with van der Waals surface area (Å²) in [7, 11) is 1.75. The Labute approximate surface area is 164 Å². The van der Waals surface area contributed by atoms with Gasteiger partial charge in [-0.3, -0.25) is 4.99 Å². The zero-order chi connectivity index (χ0) is 16.6. The van der Waals surface area contributed by atoms with Gasteiger partial charge in [-0.05, 0) is 24.3 Å². The Morgan fingerprint density at radius 3 is 2.68 bits per heavy atom. The van der Waals surface area contributed by atoms with Crippen molar-refractivity contribution in [2.45, 2.75) is 13.1 Å². The highest BCUT2D eigenvalue weighted by molar-refractivity contribution is 14.0. The van der Waals surface area contributed by atoms with E-state index in [-0.39, 0.29) is 24.0 Å². The number of furan rings is 1.